The van der Waals surface area contributed by atoms with Crippen LogP contribution in [0, 0.1) is 6.92 Å². The summed E-state index contributed by atoms with van der Waals surface area (Å²) in [6, 6.07) is 13.1. The van der Waals surface area contributed by atoms with Gasteiger partial charge in [0.15, 0.2) is 0 Å². The van der Waals surface area contributed by atoms with Gasteiger partial charge in [-0.05, 0) is 43.7 Å². The molecule has 0 aromatic heterocycles. The number of nitrogens with one attached hydrogen (secondary N) is 1. The summed E-state index contributed by atoms with van der Waals surface area (Å²) in [5.41, 5.74) is 1.84. The molecular weight excluding hydrogens is 340 g/mol. The van der Waals surface area contributed by atoms with E-state index in [9.17, 15) is 13.2 Å². The maximum absolute atomic E-state index is 12.7. The Morgan fingerprint density at radius 2 is 1.84 bits per heavy atom. The van der Waals surface area contributed by atoms with Crippen molar-refractivity contribution in [1.29, 1.82) is 0 Å². The number of hydrogen-bond donors (Lipinski definition) is 1. The number of sulfonamides is 1. The monoisotopic (exact) mass is 362 g/mol. The first-order valence-corrected chi connectivity index (χ1v) is 9.59. The Morgan fingerprint density at radius 3 is 2.44 bits per heavy atom. The van der Waals surface area contributed by atoms with Crippen molar-refractivity contribution in [3.8, 4) is 5.75 Å². The van der Waals surface area contributed by atoms with Gasteiger partial charge < -0.3 is 10.1 Å². The number of rotatable bonds is 6. The third kappa shape index (κ3) is 4.51. The normalized spacial score (nSPS) is 12.3. The largest absolute Gasteiger partial charge is 0.495 e. The highest BCUT2D eigenvalue weighted by Gasteiger charge is 2.29. The summed E-state index contributed by atoms with van der Waals surface area (Å²) in [6.45, 7) is 3.41. The van der Waals surface area contributed by atoms with E-state index < -0.39 is 22.0 Å². The topological polar surface area (TPSA) is 75.7 Å². The zero-order valence-electron chi connectivity index (χ0n) is 14.7. The molecule has 1 atom stereocenters. The van der Waals surface area contributed by atoms with E-state index in [4.69, 9.17) is 4.74 Å². The maximum atomic E-state index is 12.7. The first-order valence-electron chi connectivity index (χ1n) is 7.74. The van der Waals surface area contributed by atoms with Gasteiger partial charge in [0.05, 0.1) is 24.7 Å². The summed E-state index contributed by atoms with van der Waals surface area (Å²) in [5, 5.41) is 2.73. The molecule has 25 heavy (non-hydrogen) atoms. The van der Waals surface area contributed by atoms with E-state index in [1.54, 1.807) is 49.4 Å². The minimum Gasteiger partial charge on any atom is -0.495 e. The van der Waals surface area contributed by atoms with Crippen molar-refractivity contribution in [1.82, 2.24) is 0 Å². The Morgan fingerprint density at radius 1 is 1.16 bits per heavy atom. The number of hydrogen-bond acceptors (Lipinski definition) is 4. The van der Waals surface area contributed by atoms with Crippen LogP contribution in [0.15, 0.2) is 48.5 Å². The lowest BCUT2D eigenvalue weighted by atomic mass is 10.2. The molecule has 0 saturated heterocycles. The third-order valence-corrected chi connectivity index (χ3v) is 4.95. The van der Waals surface area contributed by atoms with Gasteiger partial charge in [-0.2, -0.15) is 0 Å². The second-order valence-corrected chi connectivity index (χ2v) is 7.62. The second-order valence-electron chi connectivity index (χ2n) is 5.76. The predicted molar refractivity (Wildman–Crippen MR) is 99.6 cm³/mol. The van der Waals surface area contributed by atoms with E-state index in [0.29, 0.717) is 17.1 Å². The maximum Gasteiger partial charge on any atom is 0.248 e. The highest BCUT2D eigenvalue weighted by atomic mass is 32.2. The van der Waals surface area contributed by atoms with E-state index in [1.807, 2.05) is 13.0 Å². The molecule has 2 aromatic carbocycles. The average Bonchev–Trinajstić information content (AvgIpc) is 2.54. The van der Waals surface area contributed by atoms with Gasteiger partial charge in [-0.1, -0.05) is 24.3 Å². The average molecular weight is 362 g/mol. The van der Waals surface area contributed by atoms with Gasteiger partial charge in [0, 0.05) is 0 Å². The van der Waals surface area contributed by atoms with Crippen LogP contribution in [-0.2, 0) is 14.8 Å². The zero-order valence-corrected chi connectivity index (χ0v) is 15.5. The predicted octanol–water partition coefficient (Wildman–Crippen LogP) is 2.80. The van der Waals surface area contributed by atoms with Crippen LogP contribution in [-0.4, -0.2) is 33.7 Å². The number of para-hydroxylation sites is 2. The lowest BCUT2D eigenvalue weighted by molar-refractivity contribution is -0.116. The van der Waals surface area contributed by atoms with Gasteiger partial charge in [0.2, 0.25) is 15.9 Å². The number of amides is 1. The SMILES string of the molecule is COc1ccccc1NC(=O)[C@@H](C)N(c1cccc(C)c1)S(C)(=O)=O. The summed E-state index contributed by atoms with van der Waals surface area (Å²) in [5.74, 6) is 0.0564. The molecule has 2 rings (SSSR count). The quantitative estimate of drug-likeness (QED) is 0.857. The van der Waals surface area contributed by atoms with Crippen molar-refractivity contribution in [2.45, 2.75) is 19.9 Å². The second kappa shape index (κ2) is 7.57. The molecule has 1 amide bonds. The van der Waals surface area contributed by atoms with Gasteiger partial charge in [0.1, 0.15) is 11.8 Å². The molecular formula is C18H22N2O4S. The molecule has 0 aliphatic carbocycles. The van der Waals surface area contributed by atoms with E-state index in [0.717, 1.165) is 16.1 Å². The number of ether oxygens (including phenoxy) is 1. The highest BCUT2D eigenvalue weighted by molar-refractivity contribution is 7.92. The van der Waals surface area contributed by atoms with Crippen LogP contribution in [0.3, 0.4) is 0 Å². The molecule has 6 nitrogen and oxygen atoms in total. The summed E-state index contributed by atoms with van der Waals surface area (Å²) < 4.78 is 30.9. The molecule has 0 aliphatic rings. The fourth-order valence-electron chi connectivity index (χ4n) is 2.56. The Bertz CT molecular complexity index is 865. The fraction of sp³-hybridized carbons (Fsp3) is 0.278. The molecule has 0 fully saturated rings. The number of aryl methyl sites for hydroxylation is 1. The van der Waals surface area contributed by atoms with Crippen molar-refractivity contribution >= 4 is 27.3 Å². The zero-order chi connectivity index (χ0) is 18.6. The molecule has 0 unspecified atom stereocenters. The summed E-state index contributed by atoms with van der Waals surface area (Å²) in [6.07, 6.45) is 1.09. The molecule has 2 aromatic rings. The molecule has 0 saturated carbocycles. The summed E-state index contributed by atoms with van der Waals surface area (Å²) >= 11 is 0. The molecule has 0 radical (unpaired) electrons. The van der Waals surface area contributed by atoms with Gasteiger partial charge >= 0.3 is 0 Å². The van der Waals surface area contributed by atoms with Crippen molar-refractivity contribution in [3.05, 3.63) is 54.1 Å². The number of carbonyl (C=O) groups excluding carboxylic acids is 1. The number of methoxy groups -OCH3 is 1. The van der Waals surface area contributed by atoms with E-state index in [-0.39, 0.29) is 0 Å². The number of nitrogens with zero attached hydrogens (tertiary/aromatic N) is 1. The Kier molecular flexibility index (Phi) is 5.69. The Labute approximate surface area is 148 Å². The van der Waals surface area contributed by atoms with Crippen molar-refractivity contribution < 1.29 is 17.9 Å². The molecule has 0 heterocycles. The molecule has 7 heteroatoms. The van der Waals surface area contributed by atoms with Crippen LogP contribution < -0.4 is 14.4 Å². The summed E-state index contributed by atoms with van der Waals surface area (Å²) in [7, 11) is -2.14. The minimum absolute atomic E-state index is 0.448. The number of anilines is 2. The molecule has 0 spiro atoms. The van der Waals surface area contributed by atoms with Gasteiger partial charge in [-0.25, -0.2) is 8.42 Å². The Balaban J connectivity index is 2.33. The van der Waals surface area contributed by atoms with Crippen LogP contribution >= 0.6 is 0 Å². The molecule has 0 aliphatic heterocycles. The summed E-state index contributed by atoms with van der Waals surface area (Å²) in [4.78, 5) is 12.7. The van der Waals surface area contributed by atoms with Crippen molar-refractivity contribution in [3.63, 3.8) is 0 Å². The number of carbonyl (C=O) groups is 1. The van der Waals surface area contributed by atoms with Gasteiger partial charge in [0.25, 0.3) is 0 Å². The fourth-order valence-corrected chi connectivity index (χ4v) is 3.73. The number of benzene rings is 2. The highest BCUT2D eigenvalue weighted by Crippen LogP contribution is 2.26. The van der Waals surface area contributed by atoms with Gasteiger partial charge in [-0.3, -0.25) is 9.10 Å². The van der Waals surface area contributed by atoms with Crippen LogP contribution in [0.4, 0.5) is 11.4 Å². The van der Waals surface area contributed by atoms with Crippen molar-refractivity contribution in [2.75, 3.05) is 23.0 Å². The third-order valence-electron chi connectivity index (χ3n) is 3.71. The van der Waals surface area contributed by atoms with Crippen LogP contribution in [0.2, 0.25) is 0 Å². The minimum atomic E-state index is -3.65. The smallest absolute Gasteiger partial charge is 0.248 e. The van der Waals surface area contributed by atoms with Crippen LogP contribution in [0.25, 0.3) is 0 Å². The Hall–Kier alpha value is -2.54. The first kappa shape index (κ1) is 18.8. The van der Waals surface area contributed by atoms with E-state index in [1.165, 1.54) is 7.11 Å². The standard InChI is InChI=1S/C18H22N2O4S/c1-13-8-7-9-15(12-13)20(25(4,22)23)14(2)18(21)19-16-10-5-6-11-17(16)24-3/h5-12,14H,1-4H3,(H,19,21)/t14-/m1/s1. The first-order chi connectivity index (χ1) is 11.7. The molecule has 134 valence electrons. The van der Waals surface area contributed by atoms with Crippen LogP contribution in [0.5, 0.6) is 5.75 Å². The van der Waals surface area contributed by atoms with Crippen molar-refractivity contribution in [2.24, 2.45) is 0 Å². The molecule has 1 N–H and O–H groups in total. The molecule has 0 bridgehead atoms. The van der Waals surface area contributed by atoms with E-state index in [2.05, 4.69) is 5.32 Å². The lowest BCUT2D eigenvalue weighted by Gasteiger charge is -2.28. The van der Waals surface area contributed by atoms with E-state index >= 15 is 0 Å². The van der Waals surface area contributed by atoms with Gasteiger partial charge in [-0.15, -0.1) is 0 Å². The lowest BCUT2D eigenvalue weighted by Crippen LogP contribution is -2.45. The van der Waals surface area contributed by atoms with Crippen LogP contribution in [0.1, 0.15) is 12.5 Å².